The Labute approximate surface area is 133 Å². The van der Waals surface area contributed by atoms with E-state index in [9.17, 15) is 9.59 Å². The summed E-state index contributed by atoms with van der Waals surface area (Å²) in [6, 6.07) is 5.04. The fourth-order valence-electron chi connectivity index (χ4n) is 2.31. The van der Waals surface area contributed by atoms with E-state index in [1.807, 2.05) is 0 Å². The Morgan fingerprint density at radius 3 is 2.86 bits per heavy atom. The van der Waals surface area contributed by atoms with Crippen molar-refractivity contribution in [2.45, 2.75) is 12.3 Å². The number of carbonyl (C=O) groups excluding carboxylic acids is 1. The molecule has 2 heterocycles. The average molecular weight is 343 g/mol. The van der Waals surface area contributed by atoms with Gasteiger partial charge in [-0.1, -0.05) is 29.3 Å². The number of aromatic nitrogens is 1. The number of aromatic carboxylic acids is 1. The maximum Gasteiger partial charge on any atom is 0.357 e. The zero-order valence-corrected chi connectivity index (χ0v) is 12.7. The van der Waals surface area contributed by atoms with Crippen LogP contribution in [0.1, 0.15) is 33.3 Å². The van der Waals surface area contributed by atoms with E-state index in [1.165, 1.54) is 0 Å². The first-order valence-electron chi connectivity index (χ1n) is 5.95. The first kappa shape index (κ1) is 14.3. The number of hydrogen-bond donors (Lipinski definition) is 2. The van der Waals surface area contributed by atoms with E-state index in [2.05, 4.69) is 9.69 Å². The van der Waals surface area contributed by atoms with Crippen LogP contribution in [0.4, 0.5) is 5.69 Å². The van der Waals surface area contributed by atoms with Crippen LogP contribution in [0.5, 0.6) is 0 Å². The number of anilines is 1. The van der Waals surface area contributed by atoms with Crippen LogP contribution in [-0.2, 0) is 4.79 Å². The van der Waals surface area contributed by atoms with Gasteiger partial charge in [0.25, 0.3) is 0 Å². The van der Waals surface area contributed by atoms with E-state index >= 15 is 0 Å². The third kappa shape index (κ3) is 2.50. The Morgan fingerprint density at radius 2 is 2.19 bits per heavy atom. The lowest BCUT2D eigenvalue weighted by atomic mass is 9.90. The van der Waals surface area contributed by atoms with Crippen LogP contribution in [0, 0.1) is 0 Å². The summed E-state index contributed by atoms with van der Waals surface area (Å²) in [7, 11) is 0. The number of rotatable bonds is 2. The number of halogens is 2. The molecule has 0 saturated heterocycles. The number of amides is 1. The third-order valence-electron chi connectivity index (χ3n) is 3.23. The molecule has 1 aliphatic heterocycles. The molecule has 0 bridgehead atoms. The Kier molecular flexibility index (Phi) is 3.61. The van der Waals surface area contributed by atoms with E-state index in [-0.39, 0.29) is 29.6 Å². The maximum atomic E-state index is 11.9. The quantitative estimate of drug-likeness (QED) is 0.873. The van der Waals surface area contributed by atoms with Crippen LogP contribution in [-0.4, -0.2) is 21.4 Å². The highest BCUT2D eigenvalue weighted by molar-refractivity contribution is 7.06. The van der Waals surface area contributed by atoms with Crippen LogP contribution in [0.15, 0.2) is 18.2 Å². The van der Waals surface area contributed by atoms with E-state index in [0.29, 0.717) is 14.9 Å². The molecule has 1 atom stereocenters. The predicted octanol–water partition coefficient (Wildman–Crippen LogP) is 3.62. The number of carbonyl (C=O) groups is 2. The number of fused-ring (bicyclic) bond motifs is 1. The van der Waals surface area contributed by atoms with Crippen molar-refractivity contribution < 1.29 is 14.7 Å². The molecule has 2 N–H and O–H groups in total. The topological polar surface area (TPSA) is 79.3 Å². The number of carboxylic acids is 1. The van der Waals surface area contributed by atoms with Gasteiger partial charge in [-0.3, -0.25) is 4.79 Å². The van der Waals surface area contributed by atoms with Gasteiger partial charge in [0.15, 0.2) is 5.69 Å². The second-order valence-corrected chi connectivity index (χ2v) is 6.19. The van der Waals surface area contributed by atoms with Crippen molar-refractivity contribution >= 4 is 52.3 Å². The molecule has 0 aliphatic carbocycles. The van der Waals surface area contributed by atoms with Gasteiger partial charge in [0.05, 0.1) is 10.6 Å². The number of carboxylic acid groups (broad SMARTS) is 1. The van der Waals surface area contributed by atoms with Crippen LogP contribution in [0.25, 0.3) is 0 Å². The van der Waals surface area contributed by atoms with Crippen molar-refractivity contribution in [3.05, 3.63) is 44.4 Å². The van der Waals surface area contributed by atoms with Gasteiger partial charge in [-0.2, -0.15) is 4.37 Å². The summed E-state index contributed by atoms with van der Waals surface area (Å²) in [5.41, 5.74) is 0.857. The predicted molar refractivity (Wildman–Crippen MR) is 80.6 cm³/mol. The van der Waals surface area contributed by atoms with Crippen molar-refractivity contribution in [1.29, 1.82) is 0 Å². The van der Waals surface area contributed by atoms with Gasteiger partial charge < -0.3 is 10.4 Å². The lowest BCUT2D eigenvalue weighted by Gasteiger charge is -2.23. The standard InChI is InChI=1S/C13H8Cl2N2O3S/c14-5-1-2-6(8(15)3-5)7-4-9(18)16-10-11(13(19)20)17-21-12(7)10/h1-3,7H,4H2,(H,16,18)(H,19,20)/t7-/m0/s1. The Hall–Kier alpha value is -1.63. The second-order valence-electron chi connectivity index (χ2n) is 4.55. The van der Waals surface area contributed by atoms with Crippen molar-refractivity contribution in [3.8, 4) is 0 Å². The highest BCUT2D eigenvalue weighted by Gasteiger charge is 2.33. The molecule has 21 heavy (non-hydrogen) atoms. The van der Waals surface area contributed by atoms with E-state index in [1.54, 1.807) is 18.2 Å². The minimum Gasteiger partial charge on any atom is -0.476 e. The highest BCUT2D eigenvalue weighted by Crippen LogP contribution is 2.43. The molecule has 1 aliphatic rings. The Morgan fingerprint density at radius 1 is 1.43 bits per heavy atom. The second kappa shape index (κ2) is 5.29. The van der Waals surface area contributed by atoms with Crippen LogP contribution < -0.4 is 5.32 Å². The summed E-state index contributed by atoms with van der Waals surface area (Å²) >= 11 is 13.1. The van der Waals surface area contributed by atoms with E-state index < -0.39 is 5.97 Å². The molecule has 5 nitrogen and oxygen atoms in total. The minimum absolute atomic E-state index is 0.141. The number of nitrogens with zero attached hydrogens (tertiary/aromatic N) is 1. The maximum absolute atomic E-state index is 11.9. The zero-order chi connectivity index (χ0) is 15.1. The van der Waals surface area contributed by atoms with E-state index in [0.717, 1.165) is 17.1 Å². The molecule has 0 saturated carbocycles. The number of nitrogens with one attached hydrogen (secondary N) is 1. The number of hydrogen-bond acceptors (Lipinski definition) is 4. The molecule has 8 heteroatoms. The van der Waals surface area contributed by atoms with Crippen molar-refractivity contribution in [2.75, 3.05) is 5.32 Å². The van der Waals surface area contributed by atoms with Gasteiger partial charge in [0.1, 0.15) is 0 Å². The fraction of sp³-hybridized carbons (Fsp3) is 0.154. The lowest BCUT2D eigenvalue weighted by Crippen LogP contribution is -2.23. The Bertz CT molecular complexity index is 760. The molecular formula is C13H8Cl2N2O3S. The van der Waals surface area contributed by atoms with Crippen molar-refractivity contribution in [3.63, 3.8) is 0 Å². The molecule has 1 aromatic heterocycles. The van der Waals surface area contributed by atoms with Crippen LogP contribution >= 0.6 is 34.7 Å². The van der Waals surface area contributed by atoms with Crippen molar-refractivity contribution in [2.24, 2.45) is 0 Å². The largest absolute Gasteiger partial charge is 0.476 e. The average Bonchev–Trinajstić information content (AvgIpc) is 2.81. The van der Waals surface area contributed by atoms with Gasteiger partial charge in [-0.05, 0) is 29.2 Å². The van der Waals surface area contributed by atoms with E-state index in [4.69, 9.17) is 28.3 Å². The first-order valence-corrected chi connectivity index (χ1v) is 7.48. The molecule has 0 fully saturated rings. The van der Waals surface area contributed by atoms with Gasteiger partial charge >= 0.3 is 5.97 Å². The molecule has 0 unspecified atom stereocenters. The Balaban J connectivity index is 2.13. The molecular weight excluding hydrogens is 335 g/mol. The van der Waals surface area contributed by atoms with Gasteiger partial charge in [-0.25, -0.2) is 4.79 Å². The lowest BCUT2D eigenvalue weighted by molar-refractivity contribution is -0.116. The summed E-state index contributed by atoms with van der Waals surface area (Å²) in [6.45, 7) is 0. The molecule has 3 rings (SSSR count). The van der Waals surface area contributed by atoms with Crippen molar-refractivity contribution in [1.82, 2.24) is 4.37 Å². The molecule has 2 aromatic rings. The molecule has 0 radical (unpaired) electrons. The molecule has 0 spiro atoms. The van der Waals surface area contributed by atoms with Gasteiger partial charge in [0, 0.05) is 22.4 Å². The summed E-state index contributed by atoms with van der Waals surface area (Å²) in [4.78, 5) is 23.7. The van der Waals surface area contributed by atoms with Crippen LogP contribution in [0.2, 0.25) is 10.0 Å². The first-order chi connectivity index (χ1) is 9.97. The van der Waals surface area contributed by atoms with Gasteiger partial charge in [0.2, 0.25) is 5.91 Å². The highest BCUT2D eigenvalue weighted by atomic mass is 35.5. The molecule has 1 amide bonds. The SMILES string of the molecule is O=C1C[C@@H](c2ccc(Cl)cc2Cl)c2snc(C(=O)O)c2N1. The smallest absolute Gasteiger partial charge is 0.357 e. The normalized spacial score (nSPS) is 17.2. The minimum atomic E-state index is -1.17. The zero-order valence-electron chi connectivity index (χ0n) is 10.4. The fourth-order valence-corrected chi connectivity index (χ4v) is 3.79. The summed E-state index contributed by atoms with van der Waals surface area (Å²) in [6.07, 6.45) is 0.190. The summed E-state index contributed by atoms with van der Waals surface area (Å²) < 4.78 is 3.91. The third-order valence-corrected chi connectivity index (χ3v) is 4.75. The monoisotopic (exact) mass is 342 g/mol. The van der Waals surface area contributed by atoms with Gasteiger partial charge in [-0.15, -0.1) is 0 Å². The molecule has 108 valence electrons. The van der Waals surface area contributed by atoms with Crippen LogP contribution in [0.3, 0.4) is 0 Å². The number of benzene rings is 1. The molecule has 1 aromatic carbocycles. The summed E-state index contributed by atoms with van der Waals surface area (Å²) in [5, 5.41) is 12.6. The summed E-state index contributed by atoms with van der Waals surface area (Å²) in [5.74, 6) is -1.75.